The Hall–Kier alpha value is -3.54. The molecule has 0 aromatic heterocycles. The molecule has 0 aliphatic heterocycles. The molecule has 6 nitrogen and oxygen atoms in total. The zero-order valence-corrected chi connectivity index (χ0v) is 15.8. The third kappa shape index (κ3) is 5.48. The lowest BCUT2D eigenvalue weighted by atomic mass is 10.1. The van der Waals surface area contributed by atoms with Crippen LogP contribution in [0, 0.1) is 13.8 Å². The number of aryl methyl sites for hydroxylation is 2. The number of hydrogen-bond acceptors (Lipinski definition) is 4. The van der Waals surface area contributed by atoms with Crippen LogP contribution in [0.2, 0.25) is 0 Å². The van der Waals surface area contributed by atoms with E-state index in [-0.39, 0.29) is 13.2 Å². The lowest BCUT2D eigenvalue weighted by Gasteiger charge is -2.11. The first-order valence-electron chi connectivity index (χ1n) is 8.90. The molecule has 0 fully saturated rings. The zero-order chi connectivity index (χ0) is 19.9. The predicted molar refractivity (Wildman–Crippen MR) is 107 cm³/mol. The van der Waals surface area contributed by atoms with Crippen molar-refractivity contribution in [2.45, 2.75) is 13.8 Å². The van der Waals surface area contributed by atoms with Gasteiger partial charge in [-0.1, -0.05) is 36.4 Å². The number of benzene rings is 3. The molecule has 2 amide bonds. The fourth-order valence-electron chi connectivity index (χ4n) is 2.78. The van der Waals surface area contributed by atoms with Crippen LogP contribution >= 0.6 is 0 Å². The second kappa shape index (κ2) is 8.90. The molecule has 0 aliphatic carbocycles. The Balaban J connectivity index is 1.41. The van der Waals surface area contributed by atoms with Gasteiger partial charge in [-0.25, -0.2) is 0 Å². The number of fused-ring (bicyclic) bond motifs is 1. The third-order valence-corrected chi connectivity index (χ3v) is 4.00. The quantitative estimate of drug-likeness (QED) is 0.647. The number of ether oxygens (including phenoxy) is 2. The number of carbonyl (C=O) groups is 2. The van der Waals surface area contributed by atoms with E-state index in [0.29, 0.717) is 11.5 Å². The maximum Gasteiger partial charge on any atom is 0.276 e. The highest BCUT2D eigenvalue weighted by Crippen LogP contribution is 2.20. The van der Waals surface area contributed by atoms with Crippen LogP contribution in [0.1, 0.15) is 11.1 Å². The summed E-state index contributed by atoms with van der Waals surface area (Å²) < 4.78 is 10.9. The van der Waals surface area contributed by atoms with E-state index in [1.165, 1.54) is 0 Å². The molecule has 0 heterocycles. The molecule has 0 aliphatic rings. The summed E-state index contributed by atoms with van der Waals surface area (Å²) in [5, 5.41) is 2.12. The van der Waals surface area contributed by atoms with Crippen molar-refractivity contribution in [2.75, 3.05) is 13.2 Å². The number of hydrogen-bond donors (Lipinski definition) is 2. The van der Waals surface area contributed by atoms with E-state index in [9.17, 15) is 9.59 Å². The number of rotatable bonds is 6. The minimum absolute atomic E-state index is 0.200. The van der Waals surface area contributed by atoms with Gasteiger partial charge in [0, 0.05) is 0 Å². The van der Waals surface area contributed by atoms with E-state index in [1.807, 2.05) is 68.4 Å². The van der Waals surface area contributed by atoms with Gasteiger partial charge in [0.05, 0.1) is 0 Å². The smallest absolute Gasteiger partial charge is 0.276 e. The van der Waals surface area contributed by atoms with Crippen molar-refractivity contribution in [3.8, 4) is 11.5 Å². The van der Waals surface area contributed by atoms with Crippen molar-refractivity contribution in [3.05, 3.63) is 71.8 Å². The molecule has 0 spiro atoms. The second-order valence-corrected chi connectivity index (χ2v) is 6.51. The summed E-state index contributed by atoms with van der Waals surface area (Å²) >= 11 is 0. The normalized spacial score (nSPS) is 10.4. The summed E-state index contributed by atoms with van der Waals surface area (Å²) in [6.07, 6.45) is 0. The van der Waals surface area contributed by atoms with Crippen molar-refractivity contribution in [1.82, 2.24) is 10.9 Å². The molecule has 0 unspecified atom stereocenters. The first kappa shape index (κ1) is 19.2. The molecule has 0 atom stereocenters. The Labute approximate surface area is 163 Å². The minimum atomic E-state index is -0.465. The van der Waals surface area contributed by atoms with Crippen LogP contribution < -0.4 is 20.3 Å². The number of amides is 2. The lowest BCUT2D eigenvalue weighted by molar-refractivity contribution is -0.131. The van der Waals surface area contributed by atoms with Gasteiger partial charge < -0.3 is 9.47 Å². The van der Waals surface area contributed by atoms with E-state index in [1.54, 1.807) is 6.07 Å². The topological polar surface area (TPSA) is 76.7 Å². The fourth-order valence-corrected chi connectivity index (χ4v) is 2.78. The van der Waals surface area contributed by atoms with Gasteiger partial charge in [0.1, 0.15) is 11.5 Å². The molecule has 3 aromatic carbocycles. The molecule has 0 bridgehead atoms. The van der Waals surface area contributed by atoms with Gasteiger partial charge in [0.2, 0.25) is 0 Å². The first-order chi connectivity index (χ1) is 13.5. The van der Waals surface area contributed by atoms with Crippen LogP contribution in [0.25, 0.3) is 10.8 Å². The summed E-state index contributed by atoms with van der Waals surface area (Å²) in [6, 6.07) is 19.2. The van der Waals surface area contributed by atoms with Crippen molar-refractivity contribution in [2.24, 2.45) is 0 Å². The Morgan fingerprint density at radius 3 is 1.93 bits per heavy atom. The molecule has 0 saturated carbocycles. The van der Waals surface area contributed by atoms with Crippen LogP contribution in [-0.2, 0) is 9.59 Å². The van der Waals surface area contributed by atoms with Crippen molar-refractivity contribution in [3.63, 3.8) is 0 Å². The molecule has 3 aromatic rings. The van der Waals surface area contributed by atoms with Gasteiger partial charge >= 0.3 is 0 Å². The van der Waals surface area contributed by atoms with Crippen LogP contribution in [0.4, 0.5) is 0 Å². The SMILES string of the molecule is Cc1cc(C)cc(OCC(=O)NNC(=O)COc2ccc3ccccc3c2)c1. The molecular formula is C22H22N2O4. The monoisotopic (exact) mass is 378 g/mol. The summed E-state index contributed by atoms with van der Waals surface area (Å²) in [7, 11) is 0. The summed E-state index contributed by atoms with van der Waals surface area (Å²) in [5.41, 5.74) is 6.71. The molecule has 3 rings (SSSR count). The zero-order valence-electron chi connectivity index (χ0n) is 15.8. The fraction of sp³-hybridized carbons (Fsp3) is 0.182. The van der Waals surface area contributed by atoms with Crippen LogP contribution in [-0.4, -0.2) is 25.0 Å². The van der Waals surface area contributed by atoms with E-state index < -0.39 is 11.8 Å². The predicted octanol–water partition coefficient (Wildman–Crippen LogP) is 3.06. The third-order valence-electron chi connectivity index (χ3n) is 4.00. The molecule has 6 heteroatoms. The van der Waals surface area contributed by atoms with Gasteiger partial charge in [-0.3, -0.25) is 20.4 Å². The van der Waals surface area contributed by atoms with Crippen molar-refractivity contribution < 1.29 is 19.1 Å². The van der Waals surface area contributed by atoms with Crippen LogP contribution in [0.5, 0.6) is 11.5 Å². The Bertz CT molecular complexity index is 980. The van der Waals surface area contributed by atoms with E-state index in [2.05, 4.69) is 10.9 Å². The molecule has 0 radical (unpaired) electrons. The average molecular weight is 378 g/mol. The molecule has 144 valence electrons. The highest BCUT2D eigenvalue weighted by molar-refractivity contribution is 5.85. The molecule has 28 heavy (non-hydrogen) atoms. The maximum atomic E-state index is 11.9. The van der Waals surface area contributed by atoms with Gasteiger partial charge in [0.25, 0.3) is 11.8 Å². The van der Waals surface area contributed by atoms with Crippen molar-refractivity contribution >= 4 is 22.6 Å². The van der Waals surface area contributed by atoms with Gasteiger partial charge in [-0.2, -0.15) is 0 Å². The number of hydrazine groups is 1. The molecule has 2 N–H and O–H groups in total. The van der Waals surface area contributed by atoms with E-state index in [0.717, 1.165) is 21.9 Å². The van der Waals surface area contributed by atoms with E-state index >= 15 is 0 Å². The number of nitrogens with one attached hydrogen (secondary N) is 2. The summed E-state index contributed by atoms with van der Waals surface area (Å²) in [4.78, 5) is 23.7. The maximum absolute atomic E-state index is 11.9. The minimum Gasteiger partial charge on any atom is -0.484 e. The largest absolute Gasteiger partial charge is 0.484 e. The van der Waals surface area contributed by atoms with Crippen LogP contribution in [0.3, 0.4) is 0 Å². The summed E-state index contributed by atoms with van der Waals surface area (Å²) in [5.74, 6) is 0.267. The van der Waals surface area contributed by atoms with Gasteiger partial charge in [-0.15, -0.1) is 0 Å². The Kier molecular flexibility index (Phi) is 6.11. The lowest BCUT2D eigenvalue weighted by Crippen LogP contribution is -2.45. The van der Waals surface area contributed by atoms with Gasteiger partial charge in [0.15, 0.2) is 13.2 Å². The summed E-state index contributed by atoms with van der Waals surface area (Å²) in [6.45, 7) is 3.50. The Morgan fingerprint density at radius 2 is 1.29 bits per heavy atom. The molecule has 0 saturated heterocycles. The average Bonchev–Trinajstić information content (AvgIpc) is 2.68. The number of carbonyl (C=O) groups excluding carboxylic acids is 2. The second-order valence-electron chi connectivity index (χ2n) is 6.51. The highest BCUT2D eigenvalue weighted by Gasteiger charge is 2.07. The van der Waals surface area contributed by atoms with Crippen LogP contribution in [0.15, 0.2) is 60.7 Å². The highest BCUT2D eigenvalue weighted by atomic mass is 16.5. The van der Waals surface area contributed by atoms with Gasteiger partial charge in [-0.05, 0) is 60.0 Å². The Morgan fingerprint density at radius 1 is 0.714 bits per heavy atom. The first-order valence-corrected chi connectivity index (χ1v) is 8.90. The standard InChI is InChI=1S/C22H22N2O4/c1-15-9-16(2)11-20(10-15)28-14-22(26)24-23-21(25)13-27-19-8-7-17-5-3-4-6-18(17)12-19/h3-12H,13-14H2,1-2H3,(H,23,25)(H,24,26). The van der Waals surface area contributed by atoms with E-state index in [4.69, 9.17) is 9.47 Å². The molecular weight excluding hydrogens is 356 g/mol. The van der Waals surface area contributed by atoms with Crippen molar-refractivity contribution in [1.29, 1.82) is 0 Å².